The predicted octanol–water partition coefficient (Wildman–Crippen LogP) is 1.36. The lowest BCUT2D eigenvalue weighted by Crippen LogP contribution is -2.40. The lowest BCUT2D eigenvalue weighted by Gasteiger charge is -2.10. The first-order valence-electron chi connectivity index (χ1n) is 5.68. The van der Waals surface area contributed by atoms with Gasteiger partial charge in [0.2, 0.25) is 0 Å². The molecule has 0 spiro atoms. The van der Waals surface area contributed by atoms with E-state index < -0.39 is 12.0 Å². The minimum absolute atomic E-state index is 0.172. The molecule has 0 radical (unpaired) electrons. The van der Waals surface area contributed by atoms with Crippen LogP contribution in [0, 0.1) is 19.3 Å². The highest BCUT2D eigenvalue weighted by atomic mass is 32.1. The van der Waals surface area contributed by atoms with Gasteiger partial charge >= 0.3 is 12.0 Å². The van der Waals surface area contributed by atoms with Gasteiger partial charge in [0.1, 0.15) is 9.88 Å². The van der Waals surface area contributed by atoms with E-state index >= 15 is 0 Å². The lowest BCUT2D eigenvalue weighted by atomic mass is 10.2. The van der Waals surface area contributed by atoms with E-state index in [9.17, 15) is 9.59 Å². The SMILES string of the molecule is C#CC(CC)NC(=O)NCc1nc(C)c(C(=O)O)s1. The first-order chi connectivity index (χ1) is 8.97. The van der Waals surface area contributed by atoms with Crippen LogP contribution in [0.25, 0.3) is 0 Å². The Bertz CT molecular complexity index is 519. The molecule has 1 unspecified atom stereocenters. The van der Waals surface area contributed by atoms with E-state index in [4.69, 9.17) is 11.5 Å². The monoisotopic (exact) mass is 281 g/mol. The van der Waals surface area contributed by atoms with E-state index in [1.54, 1.807) is 6.92 Å². The molecule has 1 atom stereocenters. The van der Waals surface area contributed by atoms with Crippen molar-refractivity contribution in [1.82, 2.24) is 15.6 Å². The van der Waals surface area contributed by atoms with Gasteiger partial charge in [-0.2, -0.15) is 0 Å². The van der Waals surface area contributed by atoms with Gasteiger partial charge in [-0.25, -0.2) is 14.6 Å². The van der Waals surface area contributed by atoms with Crippen LogP contribution in [0.15, 0.2) is 0 Å². The van der Waals surface area contributed by atoms with Crippen LogP contribution in [-0.4, -0.2) is 28.1 Å². The second kappa shape index (κ2) is 6.75. The minimum Gasteiger partial charge on any atom is -0.477 e. The standard InChI is InChI=1S/C12H15N3O3S/c1-4-8(5-2)15-12(18)13-6-9-14-7(3)10(19-9)11(16)17/h1,8H,5-6H2,2-3H3,(H,16,17)(H2,13,15,18). The number of carbonyl (C=O) groups excluding carboxylic acids is 1. The molecule has 1 aromatic heterocycles. The zero-order chi connectivity index (χ0) is 14.4. The summed E-state index contributed by atoms with van der Waals surface area (Å²) in [6.45, 7) is 3.66. The molecule has 1 aromatic rings. The van der Waals surface area contributed by atoms with Crippen LogP contribution in [0.4, 0.5) is 4.79 Å². The molecule has 0 aliphatic heterocycles. The summed E-state index contributed by atoms with van der Waals surface area (Å²) < 4.78 is 0. The van der Waals surface area contributed by atoms with Gasteiger partial charge in [-0.3, -0.25) is 0 Å². The number of carboxylic acids is 1. The molecule has 102 valence electrons. The molecule has 6 nitrogen and oxygen atoms in total. The van der Waals surface area contributed by atoms with Gasteiger partial charge in [0.15, 0.2) is 0 Å². The van der Waals surface area contributed by atoms with Crippen LogP contribution in [0.3, 0.4) is 0 Å². The van der Waals surface area contributed by atoms with Crippen molar-refractivity contribution < 1.29 is 14.7 Å². The number of hydrogen-bond donors (Lipinski definition) is 3. The highest BCUT2D eigenvalue weighted by Gasteiger charge is 2.14. The Hall–Kier alpha value is -2.07. The molecule has 1 heterocycles. The maximum absolute atomic E-state index is 11.5. The number of aryl methyl sites for hydroxylation is 1. The molecule has 2 amide bonds. The van der Waals surface area contributed by atoms with E-state index in [0.29, 0.717) is 17.1 Å². The third kappa shape index (κ3) is 4.26. The molecule has 0 fully saturated rings. The molecule has 0 bridgehead atoms. The van der Waals surface area contributed by atoms with Gasteiger partial charge in [-0.05, 0) is 13.3 Å². The van der Waals surface area contributed by atoms with Crippen molar-refractivity contribution in [3.05, 3.63) is 15.6 Å². The number of amides is 2. The Labute approximate surface area is 115 Å². The van der Waals surface area contributed by atoms with Gasteiger partial charge in [-0.15, -0.1) is 17.8 Å². The van der Waals surface area contributed by atoms with Crippen molar-refractivity contribution in [2.45, 2.75) is 32.9 Å². The summed E-state index contributed by atoms with van der Waals surface area (Å²) in [5.41, 5.74) is 0.449. The van der Waals surface area contributed by atoms with Gasteiger partial charge < -0.3 is 15.7 Å². The second-order valence-corrected chi connectivity index (χ2v) is 4.87. The normalized spacial score (nSPS) is 11.4. The number of nitrogens with one attached hydrogen (secondary N) is 2. The summed E-state index contributed by atoms with van der Waals surface area (Å²) in [6, 6.07) is -0.706. The van der Waals surface area contributed by atoms with Crippen LogP contribution in [0.2, 0.25) is 0 Å². The predicted molar refractivity (Wildman–Crippen MR) is 72.1 cm³/mol. The number of rotatable bonds is 5. The summed E-state index contributed by atoms with van der Waals surface area (Å²) in [4.78, 5) is 26.6. The highest BCUT2D eigenvalue weighted by molar-refractivity contribution is 7.13. The molecular formula is C12H15N3O3S. The molecule has 0 saturated carbocycles. The summed E-state index contributed by atoms with van der Waals surface area (Å²) in [6.07, 6.45) is 5.87. The molecule has 1 rings (SSSR count). The number of thiazole rings is 1. The fourth-order valence-corrected chi connectivity index (χ4v) is 2.20. The third-order valence-electron chi connectivity index (χ3n) is 2.35. The number of carbonyl (C=O) groups is 2. The Kier molecular flexibility index (Phi) is 5.33. The Balaban J connectivity index is 2.53. The third-order valence-corrected chi connectivity index (χ3v) is 3.50. The van der Waals surface area contributed by atoms with Crippen molar-refractivity contribution >= 4 is 23.3 Å². The summed E-state index contributed by atoms with van der Waals surface area (Å²) in [5.74, 6) is 1.44. The molecule has 7 heteroatoms. The van der Waals surface area contributed by atoms with Gasteiger partial charge in [0.05, 0.1) is 18.3 Å². The average molecular weight is 281 g/mol. The van der Waals surface area contributed by atoms with Crippen LogP contribution in [0.5, 0.6) is 0 Å². The first-order valence-corrected chi connectivity index (χ1v) is 6.49. The van der Waals surface area contributed by atoms with E-state index in [0.717, 1.165) is 11.3 Å². The number of terminal acetylenes is 1. The molecule has 0 aromatic carbocycles. The first kappa shape index (κ1) is 15.0. The van der Waals surface area contributed by atoms with E-state index in [2.05, 4.69) is 21.5 Å². The largest absolute Gasteiger partial charge is 0.477 e. The van der Waals surface area contributed by atoms with Crippen LogP contribution < -0.4 is 10.6 Å². The second-order valence-electron chi connectivity index (χ2n) is 3.78. The van der Waals surface area contributed by atoms with E-state index in [-0.39, 0.29) is 17.5 Å². The van der Waals surface area contributed by atoms with Crippen molar-refractivity contribution in [3.8, 4) is 12.3 Å². The molecule has 3 N–H and O–H groups in total. The maximum Gasteiger partial charge on any atom is 0.347 e. The Morgan fingerprint density at radius 3 is 2.74 bits per heavy atom. The fraction of sp³-hybridized carbons (Fsp3) is 0.417. The van der Waals surface area contributed by atoms with Gasteiger partial charge in [0.25, 0.3) is 0 Å². The quantitative estimate of drug-likeness (QED) is 0.711. The number of hydrogen-bond acceptors (Lipinski definition) is 4. The number of urea groups is 1. The molecule has 0 aliphatic rings. The summed E-state index contributed by atoms with van der Waals surface area (Å²) >= 11 is 1.05. The number of nitrogens with zero attached hydrogens (tertiary/aromatic N) is 1. The zero-order valence-corrected chi connectivity index (χ0v) is 11.5. The molecule has 0 saturated heterocycles. The molecular weight excluding hydrogens is 266 g/mol. The molecule has 0 aliphatic carbocycles. The zero-order valence-electron chi connectivity index (χ0n) is 10.7. The topological polar surface area (TPSA) is 91.3 Å². The van der Waals surface area contributed by atoms with Gasteiger partial charge in [-0.1, -0.05) is 12.8 Å². The van der Waals surface area contributed by atoms with Crippen molar-refractivity contribution in [3.63, 3.8) is 0 Å². The van der Waals surface area contributed by atoms with Crippen LogP contribution in [0.1, 0.15) is 33.7 Å². The molecule has 19 heavy (non-hydrogen) atoms. The van der Waals surface area contributed by atoms with E-state index in [1.165, 1.54) is 0 Å². The van der Waals surface area contributed by atoms with Crippen molar-refractivity contribution in [2.24, 2.45) is 0 Å². The lowest BCUT2D eigenvalue weighted by molar-refractivity contribution is 0.0701. The number of aromatic carboxylic acids is 1. The van der Waals surface area contributed by atoms with Crippen molar-refractivity contribution in [1.29, 1.82) is 0 Å². The van der Waals surface area contributed by atoms with E-state index in [1.807, 2.05) is 6.92 Å². The average Bonchev–Trinajstić information content (AvgIpc) is 2.75. The maximum atomic E-state index is 11.5. The number of aromatic nitrogens is 1. The summed E-state index contributed by atoms with van der Waals surface area (Å²) in [7, 11) is 0. The van der Waals surface area contributed by atoms with Crippen LogP contribution >= 0.6 is 11.3 Å². The smallest absolute Gasteiger partial charge is 0.347 e. The summed E-state index contributed by atoms with van der Waals surface area (Å²) in [5, 5.41) is 14.6. The Morgan fingerprint density at radius 2 is 2.26 bits per heavy atom. The minimum atomic E-state index is -1.01. The van der Waals surface area contributed by atoms with Crippen LogP contribution in [-0.2, 0) is 6.54 Å². The van der Waals surface area contributed by atoms with Crippen molar-refractivity contribution in [2.75, 3.05) is 0 Å². The highest BCUT2D eigenvalue weighted by Crippen LogP contribution is 2.17. The van der Waals surface area contributed by atoms with Gasteiger partial charge in [0, 0.05) is 0 Å². The number of carboxylic acid groups (broad SMARTS) is 1. The fourth-order valence-electron chi connectivity index (χ4n) is 1.35. The Morgan fingerprint density at radius 1 is 1.58 bits per heavy atom.